The maximum absolute atomic E-state index is 12.3. The van der Waals surface area contributed by atoms with Crippen molar-refractivity contribution >= 4 is 22.4 Å². The van der Waals surface area contributed by atoms with E-state index in [1.165, 1.54) is 31.3 Å². The lowest BCUT2D eigenvalue weighted by atomic mass is 10.1. The van der Waals surface area contributed by atoms with Gasteiger partial charge in [0.05, 0.1) is 12.0 Å². The lowest BCUT2D eigenvalue weighted by Gasteiger charge is -2.18. The second-order valence-corrected chi connectivity index (χ2v) is 9.12. The number of aryl methyl sites for hydroxylation is 1. The topological polar surface area (TPSA) is 109 Å². The van der Waals surface area contributed by atoms with Crippen LogP contribution < -0.4 is 15.2 Å². The molecule has 0 radical (unpaired) electrons. The van der Waals surface area contributed by atoms with E-state index < -0.39 is 12.6 Å². The summed E-state index contributed by atoms with van der Waals surface area (Å²) < 4.78 is 34.0. The molecular weight excluding hydrogens is 476 g/mol. The van der Waals surface area contributed by atoms with Crippen molar-refractivity contribution in [2.24, 2.45) is 5.92 Å². The third-order valence-electron chi connectivity index (χ3n) is 5.21. The molecule has 4 rings (SSSR count). The molecule has 1 saturated carbocycles. The first kappa shape index (κ1) is 26.4. The zero-order valence-corrected chi connectivity index (χ0v) is 20.4. The number of ether oxygens (including phenoxy) is 2. The van der Waals surface area contributed by atoms with E-state index in [0.717, 1.165) is 42.1 Å². The number of benzene rings is 2. The molecule has 0 unspecified atom stereocenters. The van der Waals surface area contributed by atoms with Crippen molar-refractivity contribution in [3.8, 4) is 21.9 Å². The zero-order valence-electron chi connectivity index (χ0n) is 19.5. The average Bonchev–Trinajstić information content (AvgIpc) is 3.55. The highest BCUT2D eigenvalue weighted by Gasteiger charge is 2.18. The van der Waals surface area contributed by atoms with Gasteiger partial charge in [0.25, 0.3) is 0 Å². The summed E-state index contributed by atoms with van der Waals surface area (Å²) in [6, 6.07) is 12.7. The number of aromatic nitrogens is 1. The maximum atomic E-state index is 12.3. The van der Waals surface area contributed by atoms with Crippen molar-refractivity contribution < 1.29 is 28.2 Å². The fourth-order valence-electron chi connectivity index (χ4n) is 3.31. The summed E-state index contributed by atoms with van der Waals surface area (Å²) >= 11 is 1.19. The van der Waals surface area contributed by atoms with Crippen LogP contribution in [0.4, 0.5) is 13.9 Å². The molecule has 1 heterocycles. The van der Waals surface area contributed by atoms with E-state index in [2.05, 4.69) is 15.0 Å². The van der Waals surface area contributed by atoms with E-state index in [0.29, 0.717) is 10.6 Å². The van der Waals surface area contributed by atoms with Crippen LogP contribution in [0, 0.1) is 12.8 Å². The maximum Gasteiger partial charge on any atom is 0.387 e. The summed E-state index contributed by atoms with van der Waals surface area (Å²) in [5.41, 5.74) is 8.39. The number of carboxylic acid groups (broad SMARTS) is 1. The van der Waals surface area contributed by atoms with Gasteiger partial charge in [0.1, 0.15) is 0 Å². The number of methoxy groups -OCH3 is 1. The van der Waals surface area contributed by atoms with Gasteiger partial charge in [0, 0.05) is 0 Å². The number of anilines is 1. The number of carboxylic acids is 1. The third kappa shape index (κ3) is 8.18. The molecule has 0 aliphatic heterocycles. The molecule has 0 atom stereocenters. The van der Waals surface area contributed by atoms with Crippen LogP contribution in [-0.2, 0) is 6.42 Å². The van der Waals surface area contributed by atoms with Crippen LogP contribution in [0.1, 0.15) is 34.5 Å². The summed E-state index contributed by atoms with van der Waals surface area (Å²) in [4.78, 5) is 15.4. The van der Waals surface area contributed by atoms with Crippen molar-refractivity contribution in [2.45, 2.75) is 32.8 Å². The Balaban J connectivity index is 0.000000198. The summed E-state index contributed by atoms with van der Waals surface area (Å²) in [6.45, 7) is 0.755. The lowest BCUT2D eigenvalue weighted by molar-refractivity contribution is -0.0512. The van der Waals surface area contributed by atoms with Crippen LogP contribution in [0.2, 0.25) is 0 Å². The van der Waals surface area contributed by atoms with Crippen molar-refractivity contribution in [1.82, 2.24) is 4.98 Å². The molecule has 3 N–H and O–H groups in total. The molecule has 7 nitrogen and oxygen atoms in total. The molecule has 1 aliphatic carbocycles. The molecule has 0 saturated heterocycles. The number of rotatable bonds is 10. The Hall–Kier alpha value is -3.24. The van der Waals surface area contributed by atoms with E-state index in [9.17, 15) is 13.6 Å². The molecule has 1 aliphatic rings. The number of alkyl halides is 2. The highest BCUT2D eigenvalue weighted by molar-refractivity contribution is 7.19. The van der Waals surface area contributed by atoms with Crippen molar-refractivity contribution in [1.29, 1.82) is 0 Å². The summed E-state index contributed by atoms with van der Waals surface area (Å²) in [5, 5.41) is 13.7. The van der Waals surface area contributed by atoms with Crippen LogP contribution in [0.5, 0.6) is 11.5 Å². The highest BCUT2D eigenvalue weighted by Crippen LogP contribution is 2.33. The number of thiazole rings is 1. The molecule has 0 amide bonds. The molecule has 188 valence electrons. The van der Waals surface area contributed by atoms with Gasteiger partial charge >= 0.3 is 12.6 Å². The molecular formula is C25H28F2N3O4S-. The van der Waals surface area contributed by atoms with Crippen LogP contribution in [0.25, 0.3) is 15.8 Å². The van der Waals surface area contributed by atoms with E-state index in [-0.39, 0.29) is 16.6 Å². The minimum Gasteiger partial charge on any atom is -0.662 e. The molecule has 35 heavy (non-hydrogen) atoms. The van der Waals surface area contributed by atoms with Gasteiger partial charge in [0.2, 0.25) is 0 Å². The van der Waals surface area contributed by atoms with Crippen LogP contribution in [0.3, 0.4) is 0 Å². The molecule has 1 fully saturated rings. The highest BCUT2D eigenvalue weighted by atomic mass is 32.1. The summed E-state index contributed by atoms with van der Waals surface area (Å²) in [5.74, 6) is 0.134. The lowest BCUT2D eigenvalue weighted by Crippen LogP contribution is -2.04. The molecule has 0 spiro atoms. The predicted molar refractivity (Wildman–Crippen MR) is 133 cm³/mol. The van der Waals surface area contributed by atoms with Gasteiger partial charge in [-0.05, 0) is 36.6 Å². The molecule has 10 heteroatoms. The van der Waals surface area contributed by atoms with E-state index >= 15 is 0 Å². The van der Waals surface area contributed by atoms with Gasteiger partial charge in [-0.1, -0.05) is 66.0 Å². The van der Waals surface area contributed by atoms with E-state index in [4.69, 9.17) is 15.6 Å². The Labute approximate surface area is 206 Å². The second kappa shape index (κ2) is 12.5. The van der Waals surface area contributed by atoms with Crippen LogP contribution >= 0.6 is 11.3 Å². The van der Waals surface area contributed by atoms with Crippen molar-refractivity contribution in [2.75, 3.05) is 25.9 Å². The zero-order chi connectivity index (χ0) is 25.4. The Morgan fingerprint density at radius 2 is 2.03 bits per heavy atom. The van der Waals surface area contributed by atoms with Gasteiger partial charge in [-0.3, -0.25) is 0 Å². The SMILES string of the molecule is COc1ccc(CC[N-]CC2CC2)cc1OC(F)F.Cc1cccc(-c2sc(N)nc2C(=O)O)c1. The Bertz CT molecular complexity index is 1140. The fraction of sp³-hybridized carbons (Fsp3) is 0.360. The number of halogens is 2. The monoisotopic (exact) mass is 504 g/mol. The van der Waals surface area contributed by atoms with Gasteiger partial charge in [0.15, 0.2) is 22.3 Å². The minimum atomic E-state index is -2.84. The van der Waals surface area contributed by atoms with Gasteiger partial charge < -0.3 is 25.6 Å². The quantitative estimate of drug-likeness (QED) is 0.327. The summed E-state index contributed by atoms with van der Waals surface area (Å²) in [7, 11) is 1.43. The first-order valence-corrected chi connectivity index (χ1v) is 11.9. The van der Waals surface area contributed by atoms with Gasteiger partial charge in [-0.25, -0.2) is 9.78 Å². The number of hydrogen-bond donors (Lipinski definition) is 2. The van der Waals surface area contributed by atoms with Gasteiger partial charge in [-0.15, -0.1) is 13.1 Å². The number of aromatic carboxylic acids is 1. The Morgan fingerprint density at radius 3 is 2.66 bits per heavy atom. The van der Waals surface area contributed by atoms with Crippen LogP contribution in [0.15, 0.2) is 42.5 Å². The number of nitrogens with two attached hydrogens (primary N) is 1. The third-order valence-corrected chi connectivity index (χ3v) is 6.15. The standard InChI is InChI=1S/C14H18F2NO2.C11H10N2O2S/c1-18-12-5-4-10(8-13(12)19-14(15)16)6-7-17-9-11-2-3-11;1-6-3-2-4-7(5-6)9-8(10(14)15)13-11(12)16-9/h4-5,8,11,14H,2-3,6-7,9H2,1H3;2-5H,1H3,(H2,12,13)(H,14,15)/q-1;. The number of nitrogens with zero attached hydrogens (tertiary/aromatic N) is 2. The molecule has 3 aromatic rings. The average molecular weight is 505 g/mol. The molecule has 0 bridgehead atoms. The number of nitrogen functional groups attached to an aromatic ring is 1. The number of carbonyl (C=O) groups is 1. The molecule has 1 aromatic heterocycles. The van der Waals surface area contributed by atoms with E-state index in [1.54, 1.807) is 12.1 Å². The minimum absolute atomic E-state index is 0.0214. The first-order chi connectivity index (χ1) is 16.8. The predicted octanol–water partition coefficient (Wildman–Crippen LogP) is 6.02. The van der Waals surface area contributed by atoms with Crippen molar-refractivity contribution in [3.63, 3.8) is 0 Å². The normalized spacial score (nSPS) is 12.7. The van der Waals surface area contributed by atoms with Gasteiger partial charge in [-0.2, -0.15) is 8.78 Å². The number of hydrogen-bond acceptors (Lipinski definition) is 6. The summed E-state index contributed by atoms with van der Waals surface area (Å²) in [6.07, 6.45) is 3.31. The fourth-order valence-corrected chi connectivity index (χ4v) is 4.13. The Morgan fingerprint density at radius 1 is 1.26 bits per heavy atom. The second-order valence-electron chi connectivity index (χ2n) is 8.09. The Kier molecular flexibility index (Phi) is 9.39. The van der Waals surface area contributed by atoms with Crippen molar-refractivity contribution in [3.05, 3.63) is 64.6 Å². The van der Waals surface area contributed by atoms with E-state index in [1.807, 2.05) is 37.3 Å². The first-order valence-electron chi connectivity index (χ1n) is 11.1. The van der Waals surface area contributed by atoms with Crippen LogP contribution in [-0.4, -0.2) is 42.9 Å². The molecule has 2 aromatic carbocycles. The smallest absolute Gasteiger partial charge is 0.387 e. The largest absolute Gasteiger partial charge is 0.662 e.